The van der Waals surface area contributed by atoms with Crippen molar-refractivity contribution in [2.75, 3.05) is 19.7 Å². The first-order chi connectivity index (χ1) is 7.26. The number of hydroxylamine groups is 2. The molecule has 0 saturated carbocycles. The third-order valence-corrected chi connectivity index (χ3v) is 1.83. The molecule has 1 aliphatic heterocycles. The fourth-order valence-electron chi connectivity index (χ4n) is 1.24. The van der Waals surface area contributed by atoms with E-state index >= 15 is 0 Å². The van der Waals surface area contributed by atoms with E-state index in [0.717, 1.165) is 12.0 Å². The highest BCUT2D eigenvalue weighted by molar-refractivity contribution is 5.78. The van der Waals surface area contributed by atoms with Crippen LogP contribution in [0.1, 0.15) is 13.3 Å². The number of carbonyl (C=O) groups excluding carboxylic acids is 1. The maximum atomic E-state index is 11.0. The minimum atomic E-state index is -0.709. The van der Waals surface area contributed by atoms with Gasteiger partial charge in [0.1, 0.15) is 0 Å². The van der Waals surface area contributed by atoms with E-state index < -0.39 is 6.16 Å². The van der Waals surface area contributed by atoms with Crippen LogP contribution in [0.5, 0.6) is 0 Å². The van der Waals surface area contributed by atoms with E-state index in [9.17, 15) is 4.79 Å². The molecule has 0 aromatic rings. The first-order valence-electron chi connectivity index (χ1n) is 4.72. The summed E-state index contributed by atoms with van der Waals surface area (Å²) in [4.78, 5) is 15.9. The second-order valence-electron chi connectivity index (χ2n) is 2.95. The normalized spacial score (nSPS) is 17.5. The van der Waals surface area contributed by atoms with Gasteiger partial charge in [-0.15, -0.1) is 5.06 Å². The lowest BCUT2D eigenvalue weighted by atomic mass is 10.2. The molecule has 0 saturated heterocycles. The Labute approximate surface area is 87.7 Å². The van der Waals surface area contributed by atoms with Crippen LogP contribution in [0.2, 0.25) is 0 Å². The predicted molar refractivity (Wildman–Crippen MR) is 52.7 cm³/mol. The van der Waals surface area contributed by atoms with Gasteiger partial charge in [0.25, 0.3) is 0 Å². The Hall–Kier alpha value is -1.56. The van der Waals surface area contributed by atoms with Crippen LogP contribution in [0, 0.1) is 0 Å². The highest BCUT2D eigenvalue weighted by atomic mass is 16.8. The van der Waals surface area contributed by atoms with Crippen molar-refractivity contribution in [3.63, 3.8) is 0 Å². The molecule has 1 aliphatic rings. The van der Waals surface area contributed by atoms with Crippen LogP contribution >= 0.6 is 0 Å². The fraction of sp³-hybridized carbons (Fsp3) is 0.556. The molecule has 0 atom stereocenters. The van der Waals surface area contributed by atoms with Crippen molar-refractivity contribution >= 4 is 12.4 Å². The minimum Gasteiger partial charge on any atom is -0.433 e. The van der Waals surface area contributed by atoms with E-state index in [1.807, 2.05) is 6.08 Å². The molecular formula is C9H14N2O4. The van der Waals surface area contributed by atoms with Gasteiger partial charge >= 0.3 is 6.16 Å². The molecule has 0 aromatic carbocycles. The highest BCUT2D eigenvalue weighted by Gasteiger charge is 2.16. The van der Waals surface area contributed by atoms with E-state index in [4.69, 9.17) is 10.0 Å². The number of hydrogen-bond donors (Lipinski definition) is 1. The Kier molecular flexibility index (Phi) is 4.62. The highest BCUT2D eigenvalue weighted by Crippen LogP contribution is 2.08. The van der Waals surface area contributed by atoms with Gasteiger partial charge in [0.2, 0.25) is 0 Å². The molecule has 0 radical (unpaired) electrons. The molecule has 1 rings (SSSR count). The number of hydrogen-bond acceptors (Lipinski definition) is 6. The predicted octanol–water partition coefficient (Wildman–Crippen LogP) is 1.17. The minimum absolute atomic E-state index is 0.285. The first kappa shape index (κ1) is 11.5. The van der Waals surface area contributed by atoms with Crippen LogP contribution in [-0.2, 0) is 9.57 Å². The molecular weight excluding hydrogens is 200 g/mol. The Morgan fingerprint density at radius 3 is 3.27 bits per heavy atom. The van der Waals surface area contributed by atoms with E-state index in [-0.39, 0.29) is 6.61 Å². The van der Waals surface area contributed by atoms with E-state index in [1.165, 1.54) is 11.3 Å². The molecule has 0 fully saturated rings. The van der Waals surface area contributed by atoms with Gasteiger partial charge in [0, 0.05) is 6.54 Å². The van der Waals surface area contributed by atoms with Gasteiger partial charge in [0.15, 0.2) is 0 Å². The summed E-state index contributed by atoms with van der Waals surface area (Å²) in [6.45, 7) is 3.01. The van der Waals surface area contributed by atoms with Crippen molar-refractivity contribution < 1.29 is 19.6 Å². The van der Waals surface area contributed by atoms with Gasteiger partial charge < -0.3 is 14.8 Å². The summed E-state index contributed by atoms with van der Waals surface area (Å²) in [5.74, 6) is 0. The van der Waals surface area contributed by atoms with Crippen LogP contribution in [0.3, 0.4) is 0 Å². The standard InChI is InChI=1S/C9H14N2O4/c1-2-14-9(12)15-11-5-3-4-8(7-11)6-10-13/h4,6,13H,2-3,5,7H2,1H3/b10-6+. The zero-order chi connectivity index (χ0) is 11.1. The third-order valence-electron chi connectivity index (χ3n) is 1.83. The molecule has 0 aliphatic carbocycles. The lowest BCUT2D eigenvalue weighted by molar-refractivity contribution is -0.122. The summed E-state index contributed by atoms with van der Waals surface area (Å²) in [6.07, 6.45) is 3.27. The molecule has 1 heterocycles. The lowest BCUT2D eigenvalue weighted by Gasteiger charge is -2.23. The van der Waals surface area contributed by atoms with Crippen molar-refractivity contribution in [2.24, 2.45) is 5.16 Å². The summed E-state index contributed by atoms with van der Waals surface area (Å²) < 4.78 is 4.63. The second-order valence-corrected chi connectivity index (χ2v) is 2.95. The molecule has 6 nitrogen and oxygen atoms in total. The van der Waals surface area contributed by atoms with Crippen LogP contribution < -0.4 is 0 Å². The summed E-state index contributed by atoms with van der Waals surface area (Å²) in [7, 11) is 0. The summed E-state index contributed by atoms with van der Waals surface area (Å²) in [5, 5.41) is 12.7. The van der Waals surface area contributed by atoms with E-state index in [2.05, 4.69) is 9.89 Å². The Morgan fingerprint density at radius 1 is 1.80 bits per heavy atom. The molecule has 0 bridgehead atoms. The van der Waals surface area contributed by atoms with Crippen molar-refractivity contribution in [3.8, 4) is 0 Å². The topological polar surface area (TPSA) is 71.4 Å². The number of rotatable bonds is 3. The SMILES string of the molecule is CCOC(=O)ON1CCC=C(/C=N/O)C1. The smallest absolute Gasteiger partial charge is 0.433 e. The Balaban J connectivity index is 2.39. The number of carbonyl (C=O) groups is 1. The third kappa shape index (κ3) is 3.99. The number of nitrogens with zero attached hydrogens (tertiary/aromatic N) is 2. The van der Waals surface area contributed by atoms with Gasteiger partial charge in [0.05, 0.1) is 19.4 Å². The Bertz CT molecular complexity index is 275. The van der Waals surface area contributed by atoms with Gasteiger partial charge in [-0.05, 0) is 18.9 Å². The first-order valence-corrected chi connectivity index (χ1v) is 4.72. The summed E-state index contributed by atoms with van der Waals surface area (Å²) >= 11 is 0. The second kappa shape index (κ2) is 6.02. The largest absolute Gasteiger partial charge is 0.527 e. The van der Waals surface area contributed by atoms with Gasteiger partial charge in [-0.3, -0.25) is 0 Å². The maximum absolute atomic E-state index is 11.0. The molecule has 6 heteroatoms. The molecule has 0 spiro atoms. The van der Waals surface area contributed by atoms with Crippen molar-refractivity contribution in [2.45, 2.75) is 13.3 Å². The van der Waals surface area contributed by atoms with Crippen LogP contribution in [0.4, 0.5) is 4.79 Å². The monoisotopic (exact) mass is 214 g/mol. The average Bonchev–Trinajstić information content (AvgIpc) is 2.19. The van der Waals surface area contributed by atoms with E-state index in [0.29, 0.717) is 13.1 Å². The molecule has 15 heavy (non-hydrogen) atoms. The molecule has 1 N–H and O–H groups in total. The lowest BCUT2D eigenvalue weighted by Crippen LogP contribution is -2.33. The van der Waals surface area contributed by atoms with Crippen LogP contribution in [0.15, 0.2) is 16.8 Å². The van der Waals surface area contributed by atoms with Crippen LogP contribution in [-0.4, -0.2) is 42.3 Å². The average molecular weight is 214 g/mol. The number of oxime groups is 1. The quantitative estimate of drug-likeness (QED) is 0.330. The van der Waals surface area contributed by atoms with Gasteiger partial charge in [-0.2, -0.15) is 0 Å². The zero-order valence-electron chi connectivity index (χ0n) is 8.55. The Morgan fingerprint density at radius 2 is 2.60 bits per heavy atom. The van der Waals surface area contributed by atoms with Crippen molar-refractivity contribution in [1.29, 1.82) is 0 Å². The molecule has 0 aromatic heterocycles. The fourth-order valence-corrected chi connectivity index (χ4v) is 1.24. The molecule has 84 valence electrons. The maximum Gasteiger partial charge on any atom is 0.527 e. The van der Waals surface area contributed by atoms with Gasteiger partial charge in [-0.1, -0.05) is 11.2 Å². The molecule has 0 unspecified atom stereocenters. The summed E-state index contributed by atoms with van der Waals surface area (Å²) in [5.41, 5.74) is 0.799. The van der Waals surface area contributed by atoms with E-state index in [1.54, 1.807) is 6.92 Å². The number of ether oxygens (including phenoxy) is 1. The van der Waals surface area contributed by atoms with Crippen molar-refractivity contribution in [1.82, 2.24) is 5.06 Å². The molecule has 0 amide bonds. The van der Waals surface area contributed by atoms with Crippen molar-refractivity contribution in [3.05, 3.63) is 11.6 Å². The zero-order valence-corrected chi connectivity index (χ0v) is 8.55. The summed E-state index contributed by atoms with van der Waals surface area (Å²) in [6, 6.07) is 0. The van der Waals surface area contributed by atoms with Gasteiger partial charge in [-0.25, -0.2) is 4.79 Å². The van der Waals surface area contributed by atoms with Crippen LogP contribution in [0.25, 0.3) is 0 Å².